The third kappa shape index (κ3) is 2.20. The average Bonchev–Trinajstić information content (AvgIpc) is 2.78. The monoisotopic (exact) mass is 285 g/mol. The summed E-state index contributed by atoms with van der Waals surface area (Å²) >= 11 is 5.40. The molecule has 0 fully saturated rings. The van der Waals surface area contributed by atoms with E-state index in [0.29, 0.717) is 11.3 Å². The lowest BCUT2D eigenvalue weighted by atomic mass is 10.2. The fraction of sp³-hybridized carbons (Fsp3) is 0.200. The molecule has 5 heteroatoms. The molecule has 3 rings (SSSR count). The Bertz CT molecular complexity index is 802. The van der Waals surface area contributed by atoms with Crippen LogP contribution in [0, 0.1) is 11.7 Å². The van der Waals surface area contributed by atoms with E-state index < -0.39 is 0 Å². The summed E-state index contributed by atoms with van der Waals surface area (Å²) in [5, 5.41) is 0. The zero-order chi connectivity index (χ0) is 14.1. The summed E-state index contributed by atoms with van der Waals surface area (Å²) in [5.41, 5.74) is 4.21. The average molecular weight is 285 g/mol. The molecule has 3 aromatic rings. The molecule has 0 bridgehead atoms. The summed E-state index contributed by atoms with van der Waals surface area (Å²) < 4.78 is 7.87. The van der Waals surface area contributed by atoms with Crippen molar-refractivity contribution >= 4 is 23.4 Å². The first-order valence-electron chi connectivity index (χ1n) is 6.36. The minimum atomic E-state index is 0.692. The van der Waals surface area contributed by atoms with Gasteiger partial charge in [0.1, 0.15) is 5.75 Å². The molecule has 1 aromatic carbocycles. The number of H-pyrrole nitrogens is 1. The van der Waals surface area contributed by atoms with Gasteiger partial charge in [-0.3, -0.25) is 4.57 Å². The summed E-state index contributed by atoms with van der Waals surface area (Å²) in [5.74, 6) is 0.852. The first-order chi connectivity index (χ1) is 9.69. The second kappa shape index (κ2) is 5.09. The Kier molecular flexibility index (Phi) is 3.28. The van der Waals surface area contributed by atoms with Crippen molar-refractivity contribution in [1.82, 2.24) is 14.5 Å². The van der Waals surface area contributed by atoms with Crippen LogP contribution < -0.4 is 4.74 Å². The van der Waals surface area contributed by atoms with Crippen molar-refractivity contribution in [2.45, 2.75) is 13.5 Å². The lowest BCUT2D eigenvalue weighted by Gasteiger charge is -2.06. The molecule has 0 unspecified atom stereocenters. The van der Waals surface area contributed by atoms with Crippen molar-refractivity contribution in [2.24, 2.45) is 0 Å². The Labute approximate surface area is 122 Å². The van der Waals surface area contributed by atoms with Gasteiger partial charge in [0.25, 0.3) is 0 Å². The number of methoxy groups -OCH3 is 1. The molecule has 2 heterocycles. The number of aryl methyl sites for hydroxylation is 1. The molecule has 1 N–H and O–H groups in total. The first-order valence-corrected chi connectivity index (χ1v) is 6.77. The third-order valence-electron chi connectivity index (χ3n) is 3.37. The van der Waals surface area contributed by atoms with Gasteiger partial charge in [0.2, 0.25) is 0 Å². The molecule has 0 atom stereocenters. The highest BCUT2D eigenvalue weighted by atomic mass is 32.1. The van der Waals surface area contributed by atoms with Crippen LogP contribution in [0.4, 0.5) is 0 Å². The second-order valence-electron chi connectivity index (χ2n) is 4.69. The minimum absolute atomic E-state index is 0.692. The highest BCUT2D eigenvalue weighted by Crippen LogP contribution is 2.18. The number of pyridine rings is 1. The van der Waals surface area contributed by atoms with E-state index in [1.807, 2.05) is 48.0 Å². The quantitative estimate of drug-likeness (QED) is 0.749. The summed E-state index contributed by atoms with van der Waals surface area (Å²) in [6.45, 7) is 2.74. The molecule has 0 spiro atoms. The highest BCUT2D eigenvalue weighted by Gasteiger charge is 2.08. The zero-order valence-electron chi connectivity index (χ0n) is 11.4. The van der Waals surface area contributed by atoms with Crippen molar-refractivity contribution < 1.29 is 4.74 Å². The van der Waals surface area contributed by atoms with Crippen molar-refractivity contribution in [2.75, 3.05) is 7.11 Å². The van der Waals surface area contributed by atoms with E-state index in [1.54, 1.807) is 7.11 Å². The van der Waals surface area contributed by atoms with E-state index in [0.717, 1.165) is 28.0 Å². The lowest BCUT2D eigenvalue weighted by Crippen LogP contribution is -2.00. The molecule has 0 radical (unpaired) electrons. The smallest absolute Gasteiger partial charge is 0.179 e. The normalized spacial score (nSPS) is 10.9. The van der Waals surface area contributed by atoms with Crippen LogP contribution in [0.3, 0.4) is 0 Å². The van der Waals surface area contributed by atoms with Gasteiger partial charge in [0.15, 0.2) is 10.4 Å². The van der Waals surface area contributed by atoms with E-state index in [4.69, 9.17) is 17.0 Å². The fourth-order valence-electron chi connectivity index (χ4n) is 2.23. The maximum Gasteiger partial charge on any atom is 0.179 e. The Morgan fingerprint density at radius 2 is 2.00 bits per heavy atom. The number of nitrogens with one attached hydrogen (secondary N) is 1. The van der Waals surface area contributed by atoms with Gasteiger partial charge < -0.3 is 9.72 Å². The Hall–Kier alpha value is -2.14. The number of hydrogen-bond donors (Lipinski definition) is 1. The molecule has 0 aliphatic heterocycles. The molecule has 102 valence electrons. The zero-order valence-corrected chi connectivity index (χ0v) is 12.2. The Balaban J connectivity index is 2.04. The number of nitrogens with zero attached hydrogens (tertiary/aromatic N) is 2. The van der Waals surface area contributed by atoms with Crippen molar-refractivity contribution in [1.29, 1.82) is 0 Å². The Morgan fingerprint density at radius 3 is 2.70 bits per heavy atom. The number of aromatic amines is 1. The van der Waals surface area contributed by atoms with Crippen molar-refractivity contribution in [3.63, 3.8) is 0 Å². The summed E-state index contributed by atoms with van der Waals surface area (Å²) in [4.78, 5) is 7.66. The van der Waals surface area contributed by atoms with E-state index in [9.17, 15) is 0 Å². The van der Waals surface area contributed by atoms with Crippen molar-refractivity contribution in [3.05, 3.63) is 52.4 Å². The summed E-state index contributed by atoms with van der Waals surface area (Å²) in [6, 6.07) is 9.95. The van der Waals surface area contributed by atoms with Crippen LogP contribution in [-0.2, 0) is 6.54 Å². The predicted octanol–water partition coefficient (Wildman–Crippen LogP) is 3.46. The SMILES string of the molecule is COc1ccc(Cn2c(=S)[nH]c3c(C)ccnc32)cc1. The van der Waals surface area contributed by atoms with Gasteiger partial charge in [-0.1, -0.05) is 12.1 Å². The second-order valence-corrected chi connectivity index (χ2v) is 5.08. The van der Waals surface area contributed by atoms with Crippen molar-refractivity contribution in [3.8, 4) is 5.75 Å². The number of hydrogen-bond acceptors (Lipinski definition) is 3. The van der Waals surface area contributed by atoms with Gasteiger partial charge >= 0.3 is 0 Å². The maximum absolute atomic E-state index is 5.40. The topological polar surface area (TPSA) is 42.8 Å². The molecule has 0 aliphatic rings. The molecule has 0 saturated heterocycles. The Morgan fingerprint density at radius 1 is 1.25 bits per heavy atom. The number of imidazole rings is 1. The molecular weight excluding hydrogens is 270 g/mol. The molecule has 20 heavy (non-hydrogen) atoms. The van der Waals surface area contributed by atoms with Gasteiger partial charge in [-0.25, -0.2) is 4.98 Å². The van der Waals surface area contributed by atoms with Crippen LogP contribution in [0.15, 0.2) is 36.5 Å². The largest absolute Gasteiger partial charge is 0.497 e. The summed E-state index contributed by atoms with van der Waals surface area (Å²) in [6.07, 6.45) is 1.81. The van der Waals surface area contributed by atoms with Gasteiger partial charge in [-0.15, -0.1) is 0 Å². The van der Waals surface area contributed by atoms with E-state index in [-0.39, 0.29) is 0 Å². The standard InChI is InChI=1S/C15H15N3OS/c1-10-7-8-16-14-13(10)17-15(20)18(14)9-11-3-5-12(19-2)6-4-11/h3-8H,9H2,1-2H3,(H,17,20). The van der Waals surface area contributed by atoms with Gasteiger partial charge in [-0.2, -0.15) is 0 Å². The van der Waals surface area contributed by atoms with Crippen LogP contribution in [0.2, 0.25) is 0 Å². The van der Waals surface area contributed by atoms with Gasteiger partial charge in [0, 0.05) is 6.20 Å². The van der Waals surface area contributed by atoms with Crippen LogP contribution >= 0.6 is 12.2 Å². The van der Waals surface area contributed by atoms with Gasteiger partial charge in [-0.05, 0) is 48.5 Å². The van der Waals surface area contributed by atoms with E-state index in [2.05, 4.69) is 9.97 Å². The van der Waals surface area contributed by atoms with E-state index >= 15 is 0 Å². The molecule has 0 amide bonds. The van der Waals surface area contributed by atoms with E-state index in [1.165, 1.54) is 0 Å². The maximum atomic E-state index is 5.40. The number of benzene rings is 1. The third-order valence-corrected chi connectivity index (χ3v) is 3.69. The molecule has 4 nitrogen and oxygen atoms in total. The van der Waals surface area contributed by atoms with Crippen LogP contribution in [0.5, 0.6) is 5.75 Å². The van der Waals surface area contributed by atoms with Crippen LogP contribution in [-0.4, -0.2) is 21.6 Å². The summed E-state index contributed by atoms with van der Waals surface area (Å²) in [7, 11) is 1.66. The molecular formula is C15H15N3OS. The fourth-order valence-corrected chi connectivity index (χ4v) is 2.49. The van der Waals surface area contributed by atoms with Crippen LogP contribution in [0.25, 0.3) is 11.2 Å². The highest BCUT2D eigenvalue weighted by molar-refractivity contribution is 7.71. The lowest BCUT2D eigenvalue weighted by molar-refractivity contribution is 0.414. The predicted molar refractivity (Wildman–Crippen MR) is 81.8 cm³/mol. The van der Waals surface area contributed by atoms with Crippen LogP contribution in [0.1, 0.15) is 11.1 Å². The minimum Gasteiger partial charge on any atom is -0.497 e. The number of rotatable bonds is 3. The first kappa shape index (κ1) is 12.9. The number of fused-ring (bicyclic) bond motifs is 1. The molecule has 0 saturated carbocycles. The molecule has 2 aromatic heterocycles. The molecule has 0 aliphatic carbocycles. The number of ether oxygens (including phenoxy) is 1. The van der Waals surface area contributed by atoms with Gasteiger partial charge in [0.05, 0.1) is 19.2 Å². The number of aromatic nitrogens is 3.